The lowest BCUT2D eigenvalue weighted by Gasteiger charge is -2.11. The molecule has 0 aromatic heterocycles. The van der Waals surface area contributed by atoms with Crippen LogP contribution in [0.3, 0.4) is 0 Å². The van der Waals surface area contributed by atoms with E-state index in [2.05, 4.69) is 6.92 Å². The van der Waals surface area contributed by atoms with E-state index in [0.29, 0.717) is 12.3 Å². The Hall–Kier alpha value is -1.09. The maximum atomic E-state index is 12.7. The van der Waals surface area contributed by atoms with Crippen molar-refractivity contribution in [3.8, 4) is 0 Å². The standard InChI is InChI=1S/C11H16FNO/c1-3-8(2)14-7-9-4-5-10(12)6-11(9)13/h4-6,8H,3,7,13H2,1-2H3. The summed E-state index contributed by atoms with van der Waals surface area (Å²) in [5.41, 5.74) is 6.92. The zero-order valence-electron chi connectivity index (χ0n) is 8.59. The van der Waals surface area contributed by atoms with Gasteiger partial charge in [-0.2, -0.15) is 0 Å². The third kappa shape index (κ3) is 3.00. The van der Waals surface area contributed by atoms with Crippen LogP contribution in [0.1, 0.15) is 25.8 Å². The van der Waals surface area contributed by atoms with Gasteiger partial charge in [-0.15, -0.1) is 0 Å². The van der Waals surface area contributed by atoms with Crippen LogP contribution in [0.4, 0.5) is 10.1 Å². The Morgan fingerprint density at radius 3 is 2.79 bits per heavy atom. The highest BCUT2D eigenvalue weighted by atomic mass is 19.1. The number of nitrogens with two attached hydrogens (primary N) is 1. The second kappa shape index (κ2) is 4.96. The molecule has 1 unspecified atom stereocenters. The Bertz CT molecular complexity index is 301. The van der Waals surface area contributed by atoms with Gasteiger partial charge < -0.3 is 10.5 Å². The average molecular weight is 197 g/mol. The van der Waals surface area contributed by atoms with Crippen LogP contribution in [0.15, 0.2) is 18.2 Å². The van der Waals surface area contributed by atoms with Gasteiger partial charge in [0, 0.05) is 11.3 Å². The molecule has 78 valence electrons. The molecule has 1 aromatic carbocycles. The van der Waals surface area contributed by atoms with Crippen molar-refractivity contribution in [2.45, 2.75) is 33.0 Å². The molecule has 0 fully saturated rings. The second-order valence-electron chi connectivity index (χ2n) is 3.37. The molecule has 0 spiro atoms. The lowest BCUT2D eigenvalue weighted by atomic mass is 10.2. The SMILES string of the molecule is CCC(C)OCc1ccc(F)cc1N. The smallest absolute Gasteiger partial charge is 0.125 e. The number of benzene rings is 1. The van der Waals surface area contributed by atoms with Crippen LogP contribution in [0.2, 0.25) is 0 Å². The van der Waals surface area contributed by atoms with Crippen LogP contribution in [0.25, 0.3) is 0 Å². The fourth-order valence-corrected chi connectivity index (χ4v) is 1.05. The van der Waals surface area contributed by atoms with Crippen molar-refractivity contribution in [3.63, 3.8) is 0 Å². The predicted molar refractivity (Wildman–Crippen MR) is 55.4 cm³/mol. The molecule has 1 aromatic rings. The lowest BCUT2D eigenvalue weighted by Crippen LogP contribution is -2.07. The molecule has 0 aliphatic heterocycles. The fraction of sp³-hybridized carbons (Fsp3) is 0.455. The lowest BCUT2D eigenvalue weighted by molar-refractivity contribution is 0.0511. The Morgan fingerprint density at radius 2 is 2.21 bits per heavy atom. The minimum absolute atomic E-state index is 0.208. The summed E-state index contributed by atoms with van der Waals surface area (Å²) in [6.07, 6.45) is 1.17. The second-order valence-corrected chi connectivity index (χ2v) is 3.37. The first-order valence-corrected chi connectivity index (χ1v) is 4.79. The van der Waals surface area contributed by atoms with E-state index in [1.807, 2.05) is 6.92 Å². The van der Waals surface area contributed by atoms with E-state index in [1.165, 1.54) is 12.1 Å². The van der Waals surface area contributed by atoms with Crippen molar-refractivity contribution in [2.75, 3.05) is 5.73 Å². The molecule has 1 atom stereocenters. The van der Waals surface area contributed by atoms with Gasteiger partial charge >= 0.3 is 0 Å². The molecule has 1 rings (SSSR count). The van der Waals surface area contributed by atoms with Crippen molar-refractivity contribution in [3.05, 3.63) is 29.6 Å². The van der Waals surface area contributed by atoms with E-state index in [-0.39, 0.29) is 11.9 Å². The molecular formula is C11H16FNO. The zero-order chi connectivity index (χ0) is 10.6. The van der Waals surface area contributed by atoms with Crippen LogP contribution < -0.4 is 5.73 Å². The Kier molecular flexibility index (Phi) is 3.89. The van der Waals surface area contributed by atoms with Crippen molar-refractivity contribution < 1.29 is 9.13 Å². The zero-order valence-corrected chi connectivity index (χ0v) is 8.59. The first kappa shape index (κ1) is 11.0. The van der Waals surface area contributed by atoms with Crippen LogP contribution in [-0.4, -0.2) is 6.10 Å². The Balaban J connectivity index is 2.59. The number of hydrogen-bond acceptors (Lipinski definition) is 2. The number of anilines is 1. The molecule has 3 heteroatoms. The third-order valence-corrected chi connectivity index (χ3v) is 2.21. The average Bonchev–Trinajstić information content (AvgIpc) is 2.16. The Morgan fingerprint density at radius 1 is 1.50 bits per heavy atom. The number of halogens is 1. The summed E-state index contributed by atoms with van der Waals surface area (Å²) >= 11 is 0. The first-order valence-electron chi connectivity index (χ1n) is 4.79. The van der Waals surface area contributed by atoms with Crippen molar-refractivity contribution >= 4 is 5.69 Å². The molecule has 0 bridgehead atoms. The largest absolute Gasteiger partial charge is 0.398 e. The summed E-state index contributed by atoms with van der Waals surface area (Å²) in [4.78, 5) is 0. The summed E-state index contributed by atoms with van der Waals surface area (Å²) in [6, 6.07) is 4.37. The molecule has 0 saturated heterocycles. The normalized spacial score (nSPS) is 12.8. The molecule has 14 heavy (non-hydrogen) atoms. The molecule has 0 radical (unpaired) electrons. The highest BCUT2D eigenvalue weighted by molar-refractivity contribution is 5.46. The van der Waals surface area contributed by atoms with Gasteiger partial charge in [0.15, 0.2) is 0 Å². The van der Waals surface area contributed by atoms with E-state index < -0.39 is 0 Å². The van der Waals surface area contributed by atoms with Crippen LogP contribution >= 0.6 is 0 Å². The summed E-state index contributed by atoms with van der Waals surface area (Å²) in [6.45, 7) is 4.50. The van der Waals surface area contributed by atoms with Gasteiger partial charge in [-0.05, 0) is 25.5 Å². The maximum absolute atomic E-state index is 12.7. The van der Waals surface area contributed by atoms with Crippen molar-refractivity contribution in [2.24, 2.45) is 0 Å². The van der Waals surface area contributed by atoms with E-state index in [4.69, 9.17) is 10.5 Å². The van der Waals surface area contributed by atoms with E-state index in [9.17, 15) is 4.39 Å². The van der Waals surface area contributed by atoms with Gasteiger partial charge in [-0.25, -0.2) is 4.39 Å². The minimum Gasteiger partial charge on any atom is -0.398 e. The van der Waals surface area contributed by atoms with E-state index >= 15 is 0 Å². The van der Waals surface area contributed by atoms with Crippen LogP contribution in [0, 0.1) is 5.82 Å². The topological polar surface area (TPSA) is 35.2 Å². The monoisotopic (exact) mass is 197 g/mol. The van der Waals surface area contributed by atoms with Gasteiger partial charge in [0.05, 0.1) is 12.7 Å². The molecular weight excluding hydrogens is 181 g/mol. The van der Waals surface area contributed by atoms with Crippen molar-refractivity contribution in [1.29, 1.82) is 0 Å². The number of rotatable bonds is 4. The van der Waals surface area contributed by atoms with Gasteiger partial charge in [-0.1, -0.05) is 13.0 Å². The summed E-state index contributed by atoms with van der Waals surface area (Å²) in [5, 5.41) is 0. The molecule has 0 heterocycles. The molecule has 2 N–H and O–H groups in total. The molecule has 0 aliphatic carbocycles. The molecule has 0 aliphatic rings. The van der Waals surface area contributed by atoms with Gasteiger partial charge in [-0.3, -0.25) is 0 Å². The highest BCUT2D eigenvalue weighted by Crippen LogP contribution is 2.15. The summed E-state index contributed by atoms with van der Waals surface area (Å²) in [7, 11) is 0. The van der Waals surface area contributed by atoms with Crippen LogP contribution in [0.5, 0.6) is 0 Å². The van der Waals surface area contributed by atoms with E-state index in [1.54, 1.807) is 6.07 Å². The van der Waals surface area contributed by atoms with Crippen molar-refractivity contribution in [1.82, 2.24) is 0 Å². The highest BCUT2D eigenvalue weighted by Gasteiger charge is 2.03. The van der Waals surface area contributed by atoms with Gasteiger partial charge in [0.1, 0.15) is 5.82 Å². The third-order valence-electron chi connectivity index (χ3n) is 2.21. The molecule has 2 nitrogen and oxygen atoms in total. The number of hydrogen-bond donors (Lipinski definition) is 1. The summed E-state index contributed by atoms with van der Waals surface area (Å²) < 4.78 is 18.2. The first-order chi connectivity index (χ1) is 6.63. The fourth-order valence-electron chi connectivity index (χ4n) is 1.05. The maximum Gasteiger partial charge on any atom is 0.125 e. The summed E-state index contributed by atoms with van der Waals surface area (Å²) in [5.74, 6) is -0.310. The Labute approximate surface area is 83.9 Å². The molecule has 0 amide bonds. The molecule has 0 saturated carbocycles. The number of ether oxygens (including phenoxy) is 1. The minimum atomic E-state index is -0.310. The predicted octanol–water partition coefficient (Wildman–Crippen LogP) is 2.72. The number of nitrogen functional groups attached to an aromatic ring is 1. The van der Waals surface area contributed by atoms with Gasteiger partial charge in [0.2, 0.25) is 0 Å². The van der Waals surface area contributed by atoms with Gasteiger partial charge in [0.25, 0.3) is 0 Å². The van der Waals surface area contributed by atoms with Crippen LogP contribution in [-0.2, 0) is 11.3 Å². The quantitative estimate of drug-likeness (QED) is 0.753. The van der Waals surface area contributed by atoms with E-state index in [0.717, 1.165) is 12.0 Å².